The smallest absolute Gasteiger partial charge is 0.146 e. The molecule has 4 heteroatoms. The van der Waals surface area contributed by atoms with Crippen molar-refractivity contribution in [1.82, 2.24) is 4.90 Å². The van der Waals surface area contributed by atoms with Crippen LogP contribution in [-0.4, -0.2) is 22.8 Å². The summed E-state index contributed by atoms with van der Waals surface area (Å²) in [5.74, 6) is 0. The highest BCUT2D eigenvalue weighted by Crippen LogP contribution is 2.22. The zero-order valence-electron chi connectivity index (χ0n) is 12.5. The Labute approximate surface area is 134 Å². The molecule has 1 aliphatic carbocycles. The van der Waals surface area contributed by atoms with Crippen molar-refractivity contribution in [2.45, 2.75) is 38.4 Å². The molecule has 1 aliphatic heterocycles. The van der Waals surface area contributed by atoms with Gasteiger partial charge in [-0.2, -0.15) is 0 Å². The van der Waals surface area contributed by atoms with Crippen LogP contribution in [0.15, 0.2) is 35.3 Å². The maximum Gasteiger partial charge on any atom is 0.146 e. The molecule has 0 fully saturated rings. The summed E-state index contributed by atoms with van der Waals surface area (Å²) in [6.45, 7) is 0.852. The fraction of sp³-hybridized carbons (Fsp3) is 0.389. The average molecular weight is 312 g/mol. The van der Waals surface area contributed by atoms with Crippen molar-refractivity contribution in [3.05, 3.63) is 56.2 Å². The van der Waals surface area contributed by atoms with Crippen LogP contribution < -0.4 is 9.89 Å². The molecule has 1 atom stereocenters. The quantitative estimate of drug-likeness (QED) is 0.938. The van der Waals surface area contributed by atoms with Gasteiger partial charge in [0, 0.05) is 22.8 Å². The van der Waals surface area contributed by atoms with E-state index in [0.29, 0.717) is 0 Å². The molecule has 0 bridgehead atoms. The highest BCUT2D eigenvalue weighted by atomic mass is 32.1. The lowest BCUT2D eigenvalue weighted by molar-refractivity contribution is 0.172. The van der Waals surface area contributed by atoms with E-state index in [-0.39, 0.29) is 12.8 Å². The van der Waals surface area contributed by atoms with Crippen LogP contribution in [0.1, 0.15) is 28.8 Å². The molecule has 2 heterocycles. The van der Waals surface area contributed by atoms with Gasteiger partial charge in [0.05, 0.1) is 6.61 Å². The third-order valence-corrected chi connectivity index (χ3v) is 5.72. The molecule has 4 rings (SSSR count). The zero-order valence-corrected chi connectivity index (χ0v) is 13.4. The summed E-state index contributed by atoms with van der Waals surface area (Å²) in [4.78, 5) is 8.50. The zero-order chi connectivity index (χ0) is 14.9. The number of thiophene rings is 1. The summed E-state index contributed by atoms with van der Waals surface area (Å²) in [5.41, 5.74) is 2.75. The van der Waals surface area contributed by atoms with Crippen molar-refractivity contribution in [2.75, 3.05) is 6.61 Å². The first-order valence-electron chi connectivity index (χ1n) is 7.96. The molecule has 1 N–H and O–H groups in total. The number of rotatable bonds is 3. The van der Waals surface area contributed by atoms with Crippen LogP contribution in [0.25, 0.3) is 6.20 Å². The molecule has 1 unspecified atom stereocenters. The molecule has 2 aromatic rings. The lowest BCUT2D eigenvalue weighted by Crippen LogP contribution is -2.42. The van der Waals surface area contributed by atoms with E-state index in [1.165, 1.54) is 46.9 Å². The number of aryl methyl sites for hydroxylation is 1. The summed E-state index contributed by atoms with van der Waals surface area (Å²) in [6.07, 6.45) is 7.02. The Morgan fingerprint density at radius 2 is 2.00 bits per heavy atom. The van der Waals surface area contributed by atoms with Gasteiger partial charge in [0.25, 0.3) is 0 Å². The lowest BCUT2D eigenvalue weighted by atomic mass is 9.98. The number of nitrogens with zero attached hydrogens (tertiary/aromatic N) is 2. The van der Waals surface area contributed by atoms with Crippen molar-refractivity contribution in [1.29, 1.82) is 0 Å². The molecular formula is C18H20N2OS. The van der Waals surface area contributed by atoms with E-state index in [4.69, 9.17) is 4.99 Å². The van der Waals surface area contributed by atoms with Gasteiger partial charge in [-0.1, -0.05) is 30.3 Å². The Bertz CT molecular complexity index is 781. The molecule has 0 radical (unpaired) electrons. The highest BCUT2D eigenvalue weighted by Gasteiger charge is 2.22. The minimum absolute atomic E-state index is 0.0609. The maximum atomic E-state index is 9.72. The predicted octanol–water partition coefficient (Wildman–Crippen LogP) is 1.82. The van der Waals surface area contributed by atoms with Crippen LogP contribution in [0.5, 0.6) is 0 Å². The predicted molar refractivity (Wildman–Crippen MR) is 89.1 cm³/mol. The molecule has 1 aromatic carbocycles. The molecule has 2 aliphatic rings. The van der Waals surface area contributed by atoms with Gasteiger partial charge < -0.3 is 10.0 Å². The van der Waals surface area contributed by atoms with E-state index < -0.39 is 0 Å². The van der Waals surface area contributed by atoms with E-state index in [1.807, 2.05) is 17.4 Å². The molecule has 22 heavy (non-hydrogen) atoms. The summed E-state index contributed by atoms with van der Waals surface area (Å²) in [6, 6.07) is 10.4. The molecule has 0 spiro atoms. The van der Waals surface area contributed by atoms with Crippen molar-refractivity contribution in [3.63, 3.8) is 0 Å². The average Bonchev–Trinajstić information content (AvgIpc) is 2.93. The molecule has 3 nitrogen and oxygen atoms in total. The van der Waals surface area contributed by atoms with E-state index >= 15 is 0 Å². The highest BCUT2D eigenvalue weighted by molar-refractivity contribution is 7.09. The van der Waals surface area contributed by atoms with Gasteiger partial charge >= 0.3 is 0 Å². The topological polar surface area (TPSA) is 35.8 Å². The van der Waals surface area contributed by atoms with Gasteiger partial charge in [0.15, 0.2) is 0 Å². The van der Waals surface area contributed by atoms with Crippen molar-refractivity contribution in [3.8, 4) is 0 Å². The molecule has 114 valence electrons. The fourth-order valence-electron chi connectivity index (χ4n) is 3.36. The van der Waals surface area contributed by atoms with Crippen LogP contribution in [0, 0.1) is 0 Å². The minimum Gasteiger partial charge on any atom is -0.392 e. The first-order valence-corrected chi connectivity index (χ1v) is 8.77. The molecule has 0 amide bonds. The standard InChI is InChI=1S/C18H20N2OS/c21-12-17-19-18-15(14-8-4-5-9-16(14)22-18)11-20(17)10-13-6-2-1-3-7-13/h1-3,6-7,11,17,21H,4-5,8-10,12H2. The fourth-order valence-corrected chi connectivity index (χ4v) is 4.63. The van der Waals surface area contributed by atoms with Gasteiger partial charge in [-0.3, -0.25) is 0 Å². The molecule has 1 aromatic heterocycles. The Balaban J connectivity index is 1.75. The molecular weight excluding hydrogens is 292 g/mol. The van der Waals surface area contributed by atoms with Gasteiger partial charge in [-0.25, -0.2) is 4.99 Å². The van der Waals surface area contributed by atoms with E-state index in [2.05, 4.69) is 35.4 Å². The van der Waals surface area contributed by atoms with Crippen LogP contribution in [0.2, 0.25) is 0 Å². The number of aliphatic hydroxyl groups is 1. The van der Waals surface area contributed by atoms with Crippen molar-refractivity contribution < 1.29 is 5.11 Å². The van der Waals surface area contributed by atoms with Crippen molar-refractivity contribution >= 4 is 17.5 Å². The van der Waals surface area contributed by atoms with Crippen LogP contribution in [0.3, 0.4) is 0 Å². The SMILES string of the molecule is OCC1N=c2sc3c(c2=CN1Cc1ccccc1)CCCC3. The molecule has 0 saturated carbocycles. The van der Waals surface area contributed by atoms with Crippen molar-refractivity contribution in [2.24, 2.45) is 4.99 Å². The largest absolute Gasteiger partial charge is 0.392 e. The van der Waals surface area contributed by atoms with Gasteiger partial charge in [0.1, 0.15) is 10.8 Å². The monoisotopic (exact) mass is 312 g/mol. The van der Waals surface area contributed by atoms with Gasteiger partial charge in [0.2, 0.25) is 0 Å². The lowest BCUT2D eigenvalue weighted by Gasteiger charge is -2.28. The van der Waals surface area contributed by atoms with Gasteiger partial charge in [-0.15, -0.1) is 11.3 Å². The second kappa shape index (κ2) is 5.86. The summed E-state index contributed by atoms with van der Waals surface area (Å²) < 4.78 is 1.12. The number of hydrogen-bond acceptors (Lipinski definition) is 4. The van der Waals surface area contributed by atoms with Crippen LogP contribution in [-0.2, 0) is 19.4 Å². The summed E-state index contributed by atoms with van der Waals surface area (Å²) in [5, 5.41) is 11.0. The normalized spacial score (nSPS) is 19.9. The second-order valence-electron chi connectivity index (χ2n) is 6.01. The summed E-state index contributed by atoms with van der Waals surface area (Å²) in [7, 11) is 0. The molecule has 0 saturated heterocycles. The first kappa shape index (κ1) is 14.0. The third kappa shape index (κ3) is 2.46. The summed E-state index contributed by atoms with van der Waals surface area (Å²) >= 11 is 1.83. The first-order chi connectivity index (χ1) is 10.8. The van der Waals surface area contributed by atoms with E-state index in [9.17, 15) is 5.11 Å². The number of hydrogen-bond donors (Lipinski definition) is 1. The van der Waals surface area contributed by atoms with E-state index in [1.54, 1.807) is 0 Å². The van der Waals surface area contributed by atoms with Crippen LogP contribution in [0.4, 0.5) is 0 Å². The Hall–Kier alpha value is -1.65. The second-order valence-corrected chi connectivity index (χ2v) is 7.09. The third-order valence-electron chi connectivity index (χ3n) is 4.51. The Morgan fingerprint density at radius 3 is 2.82 bits per heavy atom. The van der Waals surface area contributed by atoms with E-state index in [0.717, 1.165) is 11.2 Å². The number of benzene rings is 1. The Morgan fingerprint density at radius 1 is 1.18 bits per heavy atom. The Kier molecular flexibility index (Phi) is 3.72. The minimum atomic E-state index is -0.159. The van der Waals surface area contributed by atoms with Gasteiger partial charge in [-0.05, 0) is 36.8 Å². The van der Waals surface area contributed by atoms with Crippen LogP contribution >= 0.6 is 11.3 Å². The number of aliphatic hydroxyl groups excluding tert-OH is 1. The number of fused-ring (bicyclic) bond motifs is 3. The maximum absolute atomic E-state index is 9.72.